The lowest BCUT2D eigenvalue weighted by atomic mass is 9.77. The number of hydrogen-bond donors (Lipinski definition) is 0. The van der Waals surface area contributed by atoms with Crippen LogP contribution in [-0.2, 0) is 6.42 Å². The lowest BCUT2D eigenvalue weighted by molar-refractivity contribution is 0.177. The van der Waals surface area contributed by atoms with Crippen molar-refractivity contribution in [1.29, 1.82) is 0 Å². The van der Waals surface area contributed by atoms with Crippen LogP contribution in [0.1, 0.15) is 95.1 Å². The SMILES string of the molecule is CCCC1CCC(c2ccc(CCC[C@@H](CCC)Oc3ccc(OC)cc3)cc2)CC1. The fourth-order valence-corrected chi connectivity index (χ4v) is 5.11. The molecule has 31 heavy (non-hydrogen) atoms. The molecule has 2 heteroatoms. The van der Waals surface area contributed by atoms with Gasteiger partial charge in [-0.25, -0.2) is 0 Å². The first kappa shape index (κ1) is 23.7. The molecule has 0 aliphatic heterocycles. The fraction of sp³-hybridized carbons (Fsp3) is 0.586. The summed E-state index contributed by atoms with van der Waals surface area (Å²) in [5.41, 5.74) is 3.02. The summed E-state index contributed by atoms with van der Waals surface area (Å²) in [5, 5.41) is 0. The van der Waals surface area contributed by atoms with E-state index in [0.717, 1.165) is 49.0 Å². The monoisotopic (exact) mass is 422 g/mol. The van der Waals surface area contributed by atoms with E-state index in [9.17, 15) is 0 Å². The van der Waals surface area contributed by atoms with Gasteiger partial charge < -0.3 is 9.47 Å². The molecule has 0 spiro atoms. The lowest BCUT2D eigenvalue weighted by Gasteiger charge is -2.28. The molecule has 3 rings (SSSR count). The van der Waals surface area contributed by atoms with Gasteiger partial charge in [-0.2, -0.15) is 0 Å². The molecule has 170 valence electrons. The van der Waals surface area contributed by atoms with Crippen molar-refractivity contribution in [2.24, 2.45) is 5.92 Å². The smallest absolute Gasteiger partial charge is 0.119 e. The predicted molar refractivity (Wildman–Crippen MR) is 131 cm³/mol. The molecule has 2 aromatic rings. The van der Waals surface area contributed by atoms with E-state index >= 15 is 0 Å². The molecular weight excluding hydrogens is 380 g/mol. The van der Waals surface area contributed by atoms with E-state index in [1.165, 1.54) is 50.5 Å². The Labute approximate surface area is 190 Å². The summed E-state index contributed by atoms with van der Waals surface area (Å²) in [4.78, 5) is 0. The topological polar surface area (TPSA) is 18.5 Å². The Balaban J connectivity index is 1.44. The Morgan fingerprint density at radius 2 is 1.48 bits per heavy atom. The highest BCUT2D eigenvalue weighted by Crippen LogP contribution is 2.37. The molecule has 1 fully saturated rings. The van der Waals surface area contributed by atoms with E-state index in [-0.39, 0.29) is 6.10 Å². The van der Waals surface area contributed by atoms with Crippen LogP contribution in [0.4, 0.5) is 0 Å². The Morgan fingerprint density at radius 1 is 0.806 bits per heavy atom. The molecule has 1 aliphatic carbocycles. The van der Waals surface area contributed by atoms with Crippen molar-refractivity contribution in [3.05, 3.63) is 59.7 Å². The molecule has 2 nitrogen and oxygen atoms in total. The molecule has 0 heterocycles. The highest BCUT2D eigenvalue weighted by atomic mass is 16.5. The van der Waals surface area contributed by atoms with Gasteiger partial charge in [-0.05, 0) is 98.6 Å². The van der Waals surface area contributed by atoms with Crippen LogP contribution in [0.15, 0.2) is 48.5 Å². The minimum absolute atomic E-state index is 0.288. The standard InChI is InChI=1S/C29H42O2/c1-4-7-23-11-15-25(16-12-23)26-17-13-24(14-18-26)9-6-10-28(8-5-2)31-29-21-19-27(30-3)20-22-29/h13-14,17-23,25,28H,4-12,15-16H2,1-3H3/t23?,25?,28-/m1/s1. The minimum atomic E-state index is 0.288. The maximum Gasteiger partial charge on any atom is 0.119 e. The van der Waals surface area contributed by atoms with Crippen molar-refractivity contribution in [3.8, 4) is 11.5 Å². The maximum atomic E-state index is 6.26. The van der Waals surface area contributed by atoms with Crippen LogP contribution in [0, 0.1) is 5.92 Å². The van der Waals surface area contributed by atoms with Crippen molar-refractivity contribution in [1.82, 2.24) is 0 Å². The zero-order chi connectivity index (χ0) is 21.9. The van der Waals surface area contributed by atoms with Gasteiger partial charge >= 0.3 is 0 Å². The highest BCUT2D eigenvalue weighted by Gasteiger charge is 2.21. The summed E-state index contributed by atoms with van der Waals surface area (Å²) in [6, 6.07) is 17.5. The van der Waals surface area contributed by atoms with Crippen LogP contribution in [0.25, 0.3) is 0 Å². The molecule has 0 amide bonds. The van der Waals surface area contributed by atoms with Gasteiger partial charge in [0.2, 0.25) is 0 Å². The fourth-order valence-electron chi connectivity index (χ4n) is 5.11. The molecule has 0 bridgehead atoms. The zero-order valence-corrected chi connectivity index (χ0v) is 19.9. The summed E-state index contributed by atoms with van der Waals surface area (Å²) in [6.45, 7) is 4.55. The summed E-state index contributed by atoms with van der Waals surface area (Å²) in [7, 11) is 1.69. The number of methoxy groups -OCH3 is 1. The third-order valence-corrected chi connectivity index (χ3v) is 6.96. The van der Waals surface area contributed by atoms with Gasteiger partial charge in [0.1, 0.15) is 11.5 Å². The van der Waals surface area contributed by atoms with Gasteiger partial charge in [0.15, 0.2) is 0 Å². The molecule has 0 unspecified atom stereocenters. The Hall–Kier alpha value is -1.96. The summed E-state index contributed by atoms with van der Waals surface area (Å²) in [5.74, 6) is 3.58. The lowest BCUT2D eigenvalue weighted by Crippen LogP contribution is -2.16. The molecular formula is C29H42O2. The quantitative estimate of drug-likeness (QED) is 0.342. The number of benzene rings is 2. The number of rotatable bonds is 12. The van der Waals surface area contributed by atoms with Crippen LogP contribution in [-0.4, -0.2) is 13.2 Å². The molecule has 1 saturated carbocycles. The first-order valence-corrected chi connectivity index (χ1v) is 12.6. The van der Waals surface area contributed by atoms with Gasteiger partial charge in [-0.3, -0.25) is 0 Å². The number of ether oxygens (including phenoxy) is 2. The molecule has 0 N–H and O–H groups in total. The summed E-state index contributed by atoms with van der Waals surface area (Å²) >= 11 is 0. The van der Waals surface area contributed by atoms with Crippen LogP contribution in [0.5, 0.6) is 11.5 Å². The zero-order valence-electron chi connectivity index (χ0n) is 19.9. The Kier molecular flexibility index (Phi) is 9.78. The average Bonchev–Trinajstić information content (AvgIpc) is 2.81. The second kappa shape index (κ2) is 12.8. The molecule has 0 aromatic heterocycles. The van der Waals surface area contributed by atoms with Gasteiger partial charge in [0, 0.05) is 0 Å². The van der Waals surface area contributed by atoms with Crippen LogP contribution in [0.3, 0.4) is 0 Å². The van der Waals surface area contributed by atoms with Gasteiger partial charge in [0.05, 0.1) is 13.2 Å². The third-order valence-electron chi connectivity index (χ3n) is 6.96. The van der Waals surface area contributed by atoms with E-state index in [2.05, 4.69) is 38.1 Å². The van der Waals surface area contributed by atoms with Crippen molar-refractivity contribution < 1.29 is 9.47 Å². The minimum Gasteiger partial charge on any atom is -0.497 e. The van der Waals surface area contributed by atoms with Crippen molar-refractivity contribution in [3.63, 3.8) is 0 Å². The second-order valence-corrected chi connectivity index (χ2v) is 9.34. The van der Waals surface area contributed by atoms with E-state index < -0.39 is 0 Å². The summed E-state index contributed by atoms with van der Waals surface area (Å²) in [6.07, 6.45) is 14.3. The Bertz CT molecular complexity index is 726. The van der Waals surface area contributed by atoms with Gasteiger partial charge in [-0.1, -0.05) is 57.4 Å². The normalized spacial score (nSPS) is 19.7. The first-order valence-electron chi connectivity index (χ1n) is 12.6. The van der Waals surface area contributed by atoms with Crippen LogP contribution < -0.4 is 9.47 Å². The van der Waals surface area contributed by atoms with Crippen LogP contribution >= 0.6 is 0 Å². The van der Waals surface area contributed by atoms with Crippen molar-refractivity contribution >= 4 is 0 Å². The van der Waals surface area contributed by atoms with E-state index in [1.807, 2.05) is 24.3 Å². The average molecular weight is 423 g/mol. The largest absolute Gasteiger partial charge is 0.497 e. The maximum absolute atomic E-state index is 6.26. The van der Waals surface area contributed by atoms with Crippen molar-refractivity contribution in [2.45, 2.75) is 96.5 Å². The number of aryl methyl sites for hydroxylation is 1. The molecule has 1 atom stereocenters. The molecule has 2 aromatic carbocycles. The summed E-state index contributed by atoms with van der Waals surface area (Å²) < 4.78 is 11.5. The van der Waals surface area contributed by atoms with E-state index in [4.69, 9.17) is 9.47 Å². The predicted octanol–water partition coefficient (Wildman–Crippen LogP) is 8.34. The van der Waals surface area contributed by atoms with E-state index in [1.54, 1.807) is 12.7 Å². The highest BCUT2D eigenvalue weighted by molar-refractivity contribution is 5.31. The Morgan fingerprint density at radius 3 is 2.10 bits per heavy atom. The third kappa shape index (κ3) is 7.59. The van der Waals surface area contributed by atoms with E-state index in [0.29, 0.717) is 0 Å². The first-order chi connectivity index (χ1) is 15.2. The molecule has 0 radical (unpaired) electrons. The second-order valence-electron chi connectivity index (χ2n) is 9.34. The number of hydrogen-bond acceptors (Lipinski definition) is 2. The van der Waals surface area contributed by atoms with Crippen molar-refractivity contribution in [2.75, 3.05) is 7.11 Å². The molecule has 1 aliphatic rings. The molecule has 0 saturated heterocycles. The van der Waals surface area contributed by atoms with Gasteiger partial charge in [0.25, 0.3) is 0 Å². The van der Waals surface area contributed by atoms with Gasteiger partial charge in [-0.15, -0.1) is 0 Å². The van der Waals surface area contributed by atoms with Crippen LogP contribution in [0.2, 0.25) is 0 Å².